The maximum Gasteiger partial charge on any atom is 0.328 e. The Kier molecular flexibility index (Phi) is 8.49. The molecule has 0 fully saturated rings. The van der Waals surface area contributed by atoms with E-state index in [2.05, 4.69) is 16.0 Å². The van der Waals surface area contributed by atoms with Crippen LogP contribution in [-0.4, -0.2) is 41.5 Å². The van der Waals surface area contributed by atoms with Gasteiger partial charge in [0.15, 0.2) is 0 Å². The van der Waals surface area contributed by atoms with E-state index in [0.717, 1.165) is 5.56 Å². The molecule has 1 atom stereocenters. The SMILES string of the molecule is NC(=O)NC[C@H](NC(=O)c1c(Cl)cc(C(=O)NCc2cccc(Cl)c2)cc1Cl)C(=O)O. The fourth-order valence-electron chi connectivity index (χ4n) is 2.49. The van der Waals surface area contributed by atoms with Gasteiger partial charge in [0, 0.05) is 17.1 Å². The van der Waals surface area contributed by atoms with Crippen LogP contribution in [0.1, 0.15) is 26.3 Å². The molecule has 0 aliphatic carbocycles. The van der Waals surface area contributed by atoms with Crippen molar-refractivity contribution < 1.29 is 24.3 Å². The molecule has 4 amide bonds. The zero-order valence-electron chi connectivity index (χ0n) is 15.7. The minimum absolute atomic E-state index is 0.0961. The second-order valence-corrected chi connectivity index (χ2v) is 7.49. The van der Waals surface area contributed by atoms with Crippen LogP contribution < -0.4 is 21.7 Å². The Morgan fingerprint density at radius 1 is 0.968 bits per heavy atom. The first-order valence-electron chi connectivity index (χ1n) is 8.67. The fraction of sp³-hybridized carbons (Fsp3) is 0.158. The van der Waals surface area contributed by atoms with E-state index in [9.17, 15) is 24.3 Å². The number of halogens is 3. The van der Waals surface area contributed by atoms with Crippen molar-refractivity contribution in [3.8, 4) is 0 Å². The highest BCUT2D eigenvalue weighted by atomic mass is 35.5. The number of benzene rings is 2. The number of amides is 4. The third kappa shape index (κ3) is 7.02. The molecular weight excluding hydrogens is 471 g/mol. The number of hydrogen-bond acceptors (Lipinski definition) is 4. The number of nitrogens with one attached hydrogen (secondary N) is 3. The Morgan fingerprint density at radius 2 is 1.61 bits per heavy atom. The van der Waals surface area contributed by atoms with Crippen LogP contribution in [0.3, 0.4) is 0 Å². The molecular formula is C19H17Cl3N4O5. The minimum Gasteiger partial charge on any atom is -0.480 e. The van der Waals surface area contributed by atoms with Crippen molar-refractivity contribution in [1.82, 2.24) is 16.0 Å². The Morgan fingerprint density at radius 3 is 2.16 bits per heavy atom. The van der Waals surface area contributed by atoms with Crippen LogP contribution in [0.15, 0.2) is 36.4 Å². The van der Waals surface area contributed by atoms with Gasteiger partial charge in [0.05, 0.1) is 22.2 Å². The summed E-state index contributed by atoms with van der Waals surface area (Å²) in [4.78, 5) is 46.9. The average molecular weight is 488 g/mol. The molecule has 0 heterocycles. The lowest BCUT2D eigenvalue weighted by molar-refractivity contribution is -0.139. The minimum atomic E-state index is -1.48. The van der Waals surface area contributed by atoms with Gasteiger partial charge in [0.2, 0.25) is 0 Å². The summed E-state index contributed by atoms with van der Waals surface area (Å²) in [5, 5.41) is 16.3. The highest BCUT2D eigenvalue weighted by Gasteiger charge is 2.25. The third-order valence-corrected chi connectivity index (χ3v) is 4.79. The van der Waals surface area contributed by atoms with Gasteiger partial charge < -0.3 is 26.8 Å². The van der Waals surface area contributed by atoms with Gasteiger partial charge in [-0.05, 0) is 29.8 Å². The van der Waals surface area contributed by atoms with E-state index in [1.165, 1.54) is 12.1 Å². The number of aliphatic carboxylic acids is 1. The molecule has 0 bridgehead atoms. The second kappa shape index (κ2) is 10.9. The first-order chi connectivity index (χ1) is 14.6. The Bertz CT molecular complexity index is 1010. The van der Waals surface area contributed by atoms with Gasteiger partial charge in [-0.2, -0.15) is 0 Å². The first-order valence-corrected chi connectivity index (χ1v) is 9.80. The highest BCUT2D eigenvalue weighted by Crippen LogP contribution is 2.27. The molecule has 0 aliphatic heterocycles. The molecule has 0 aliphatic rings. The number of nitrogens with two attached hydrogens (primary N) is 1. The summed E-state index contributed by atoms with van der Waals surface area (Å²) in [6.07, 6.45) is 0. The van der Waals surface area contributed by atoms with Gasteiger partial charge in [-0.15, -0.1) is 0 Å². The van der Waals surface area contributed by atoms with Crippen LogP contribution in [0, 0.1) is 0 Å². The largest absolute Gasteiger partial charge is 0.480 e. The number of carbonyl (C=O) groups is 4. The van der Waals surface area contributed by atoms with Crippen LogP contribution in [0.5, 0.6) is 0 Å². The summed E-state index contributed by atoms with van der Waals surface area (Å²) in [5.74, 6) is -2.81. The maximum atomic E-state index is 12.5. The topological polar surface area (TPSA) is 151 Å². The summed E-state index contributed by atoms with van der Waals surface area (Å²) in [7, 11) is 0. The number of primary amides is 1. The molecule has 0 radical (unpaired) electrons. The number of hydrogen-bond donors (Lipinski definition) is 5. The molecule has 0 saturated heterocycles. The van der Waals surface area contributed by atoms with E-state index in [0.29, 0.717) is 5.02 Å². The van der Waals surface area contributed by atoms with Gasteiger partial charge in [0.1, 0.15) is 6.04 Å². The molecule has 0 unspecified atom stereocenters. The monoisotopic (exact) mass is 486 g/mol. The molecule has 164 valence electrons. The highest BCUT2D eigenvalue weighted by molar-refractivity contribution is 6.40. The van der Waals surface area contributed by atoms with E-state index in [4.69, 9.17) is 40.5 Å². The van der Waals surface area contributed by atoms with Gasteiger partial charge in [0.25, 0.3) is 11.8 Å². The van der Waals surface area contributed by atoms with Crippen molar-refractivity contribution in [1.29, 1.82) is 0 Å². The zero-order chi connectivity index (χ0) is 23.1. The fourth-order valence-corrected chi connectivity index (χ4v) is 3.36. The molecule has 31 heavy (non-hydrogen) atoms. The van der Waals surface area contributed by atoms with E-state index in [1.54, 1.807) is 24.3 Å². The van der Waals surface area contributed by atoms with Crippen LogP contribution >= 0.6 is 34.8 Å². The summed E-state index contributed by atoms with van der Waals surface area (Å²) < 4.78 is 0. The summed E-state index contributed by atoms with van der Waals surface area (Å²) in [6, 6.07) is 6.95. The quantitative estimate of drug-likeness (QED) is 0.387. The van der Waals surface area contributed by atoms with Crippen LogP contribution in [0.25, 0.3) is 0 Å². The Labute approximate surface area is 191 Å². The van der Waals surface area contributed by atoms with E-state index >= 15 is 0 Å². The number of urea groups is 1. The molecule has 2 aromatic carbocycles. The second-order valence-electron chi connectivity index (χ2n) is 6.24. The average Bonchev–Trinajstić information content (AvgIpc) is 2.68. The molecule has 0 saturated carbocycles. The van der Waals surface area contributed by atoms with Crippen molar-refractivity contribution in [2.45, 2.75) is 12.6 Å². The maximum absolute atomic E-state index is 12.5. The Balaban J connectivity index is 2.13. The van der Waals surface area contributed by atoms with Crippen LogP contribution in [0.2, 0.25) is 15.1 Å². The number of carboxylic acids is 1. The predicted molar refractivity (Wildman–Crippen MR) is 116 cm³/mol. The van der Waals surface area contributed by atoms with E-state index < -0.39 is 36.4 Å². The number of rotatable bonds is 8. The number of carbonyl (C=O) groups excluding carboxylic acids is 3. The normalized spacial score (nSPS) is 11.3. The van der Waals surface area contributed by atoms with E-state index in [1.807, 2.05) is 0 Å². The summed E-state index contributed by atoms with van der Waals surface area (Å²) >= 11 is 18.2. The van der Waals surface area contributed by atoms with Crippen molar-refractivity contribution >= 4 is 58.6 Å². The molecule has 9 nitrogen and oxygen atoms in total. The molecule has 0 spiro atoms. The molecule has 2 rings (SSSR count). The van der Waals surface area contributed by atoms with Crippen LogP contribution in [-0.2, 0) is 11.3 Å². The van der Waals surface area contributed by atoms with Crippen LogP contribution in [0.4, 0.5) is 4.79 Å². The number of carboxylic acid groups (broad SMARTS) is 1. The summed E-state index contributed by atoms with van der Waals surface area (Å²) in [6.45, 7) is -0.250. The molecule has 0 aromatic heterocycles. The third-order valence-electron chi connectivity index (χ3n) is 3.96. The molecule has 6 N–H and O–H groups in total. The summed E-state index contributed by atoms with van der Waals surface area (Å²) in [5.41, 5.74) is 5.55. The standard InChI is InChI=1S/C19H17Cl3N4O5/c20-11-3-1-2-9(4-11)7-24-16(27)10-5-12(21)15(13(22)6-10)17(28)26-14(18(29)30)8-25-19(23)31/h1-6,14H,7-8H2,(H,24,27)(H,26,28)(H,29,30)(H3,23,25,31)/t14-/m0/s1. The molecule has 12 heteroatoms. The van der Waals surface area contributed by atoms with Gasteiger partial charge in [-0.25, -0.2) is 9.59 Å². The zero-order valence-corrected chi connectivity index (χ0v) is 18.0. The van der Waals surface area contributed by atoms with Crippen molar-refractivity contribution in [3.63, 3.8) is 0 Å². The van der Waals surface area contributed by atoms with Gasteiger partial charge in [-0.3, -0.25) is 9.59 Å². The lowest BCUT2D eigenvalue weighted by Crippen LogP contribution is -2.49. The van der Waals surface area contributed by atoms with Gasteiger partial charge in [-0.1, -0.05) is 46.9 Å². The van der Waals surface area contributed by atoms with Crippen molar-refractivity contribution in [2.75, 3.05) is 6.54 Å². The smallest absolute Gasteiger partial charge is 0.328 e. The van der Waals surface area contributed by atoms with E-state index in [-0.39, 0.29) is 27.7 Å². The lowest BCUT2D eigenvalue weighted by Gasteiger charge is -2.16. The van der Waals surface area contributed by atoms with Gasteiger partial charge >= 0.3 is 12.0 Å². The predicted octanol–water partition coefficient (Wildman–Crippen LogP) is 2.43. The Hall–Kier alpha value is -3.01. The van der Waals surface area contributed by atoms with Crippen molar-refractivity contribution in [2.24, 2.45) is 5.73 Å². The van der Waals surface area contributed by atoms with Crippen molar-refractivity contribution in [3.05, 3.63) is 68.2 Å². The first kappa shape index (κ1) is 24.3. The molecule has 2 aromatic rings. The lowest BCUT2D eigenvalue weighted by atomic mass is 10.1.